The Morgan fingerprint density at radius 1 is 1.04 bits per heavy atom. The van der Waals surface area contributed by atoms with Crippen LogP contribution < -0.4 is 4.74 Å². The number of hydrogen-bond acceptors (Lipinski definition) is 2. The van der Waals surface area contributed by atoms with Gasteiger partial charge in [-0.25, -0.2) is 4.79 Å². The van der Waals surface area contributed by atoms with E-state index in [4.69, 9.17) is 4.74 Å². The number of benzene rings is 3. The first kappa shape index (κ1) is 15.1. The van der Waals surface area contributed by atoms with Crippen LogP contribution in [0.3, 0.4) is 0 Å². The second-order valence-corrected chi connectivity index (χ2v) is 5.60. The minimum atomic E-state index is -0.959. The van der Waals surface area contributed by atoms with Crippen LogP contribution >= 0.6 is 0 Å². The van der Waals surface area contributed by atoms with Crippen LogP contribution in [0, 0.1) is 6.92 Å². The third kappa shape index (κ3) is 3.51. The average Bonchev–Trinajstić information content (AvgIpc) is 2.54. The summed E-state index contributed by atoms with van der Waals surface area (Å²) >= 11 is 0. The van der Waals surface area contributed by atoms with E-state index in [2.05, 4.69) is 0 Å². The number of carboxylic acid groups (broad SMARTS) is 1. The molecule has 3 aromatic rings. The summed E-state index contributed by atoms with van der Waals surface area (Å²) in [7, 11) is 0. The maximum absolute atomic E-state index is 11.6. The molecule has 0 heterocycles. The largest absolute Gasteiger partial charge is 0.478 e. The molecular weight excluding hydrogens is 288 g/mol. The van der Waals surface area contributed by atoms with Gasteiger partial charge in [0.2, 0.25) is 0 Å². The van der Waals surface area contributed by atoms with Crippen molar-refractivity contribution in [2.24, 2.45) is 0 Å². The Morgan fingerprint density at radius 3 is 2.57 bits per heavy atom. The van der Waals surface area contributed by atoms with Crippen LogP contribution in [0.5, 0.6) is 5.75 Å². The zero-order valence-electron chi connectivity index (χ0n) is 12.9. The lowest BCUT2D eigenvalue weighted by atomic mass is 10.00. The molecular formula is C20H18O3. The number of hydrogen-bond donors (Lipinski definition) is 1. The maximum Gasteiger partial charge on any atom is 0.345 e. The predicted octanol–water partition coefficient (Wildman–Crippen LogP) is 4.22. The summed E-state index contributed by atoms with van der Waals surface area (Å²) in [6, 6.07) is 21.3. The molecule has 0 unspecified atom stereocenters. The van der Waals surface area contributed by atoms with Crippen molar-refractivity contribution in [3.05, 3.63) is 77.9 Å². The highest BCUT2D eigenvalue weighted by Gasteiger charge is 2.21. The van der Waals surface area contributed by atoms with Crippen molar-refractivity contribution in [1.82, 2.24) is 0 Å². The van der Waals surface area contributed by atoms with Gasteiger partial charge in [-0.3, -0.25) is 0 Å². The quantitative estimate of drug-likeness (QED) is 0.767. The standard InChI is InChI=1S/C20H18O3/c1-14-6-4-10-17(12-14)23-19(20(21)22)13-16-9-5-8-15-7-2-3-11-18(15)16/h2-12,19H,13H2,1H3,(H,21,22)/t19-/m1/s1. The van der Waals surface area contributed by atoms with Gasteiger partial charge in [0.1, 0.15) is 5.75 Å². The molecule has 1 N–H and O–H groups in total. The van der Waals surface area contributed by atoms with Crippen LogP contribution in [-0.2, 0) is 11.2 Å². The molecule has 3 aromatic carbocycles. The third-order valence-electron chi connectivity index (χ3n) is 3.83. The summed E-state index contributed by atoms with van der Waals surface area (Å²) in [4.78, 5) is 11.6. The molecule has 0 aromatic heterocycles. The van der Waals surface area contributed by atoms with Crippen LogP contribution in [0.4, 0.5) is 0 Å². The molecule has 0 bridgehead atoms. The number of carboxylic acids is 1. The zero-order chi connectivity index (χ0) is 16.2. The van der Waals surface area contributed by atoms with Crippen molar-refractivity contribution in [2.45, 2.75) is 19.4 Å². The second-order valence-electron chi connectivity index (χ2n) is 5.60. The van der Waals surface area contributed by atoms with Gasteiger partial charge in [0.05, 0.1) is 0 Å². The highest BCUT2D eigenvalue weighted by molar-refractivity contribution is 5.86. The van der Waals surface area contributed by atoms with Crippen molar-refractivity contribution in [3.63, 3.8) is 0 Å². The van der Waals surface area contributed by atoms with Gasteiger partial charge in [-0.1, -0.05) is 54.6 Å². The molecule has 0 fully saturated rings. The number of rotatable bonds is 5. The number of carbonyl (C=O) groups is 1. The molecule has 0 saturated heterocycles. The molecule has 3 heteroatoms. The maximum atomic E-state index is 11.6. The summed E-state index contributed by atoms with van der Waals surface area (Å²) in [5, 5.41) is 11.7. The summed E-state index contributed by atoms with van der Waals surface area (Å²) in [5.41, 5.74) is 2.01. The topological polar surface area (TPSA) is 46.5 Å². The highest BCUT2D eigenvalue weighted by atomic mass is 16.5. The van der Waals surface area contributed by atoms with Gasteiger partial charge >= 0.3 is 5.97 Å². The van der Waals surface area contributed by atoms with Crippen LogP contribution in [0.15, 0.2) is 66.7 Å². The van der Waals surface area contributed by atoms with Crippen LogP contribution in [0.2, 0.25) is 0 Å². The Bertz CT molecular complexity index is 834. The van der Waals surface area contributed by atoms with Gasteiger partial charge < -0.3 is 9.84 Å². The molecule has 0 saturated carbocycles. The number of aliphatic carboxylic acids is 1. The van der Waals surface area contributed by atoms with Crippen molar-refractivity contribution < 1.29 is 14.6 Å². The van der Waals surface area contributed by atoms with E-state index in [1.165, 1.54) is 0 Å². The number of aryl methyl sites for hydroxylation is 1. The first-order valence-electron chi connectivity index (χ1n) is 7.56. The van der Waals surface area contributed by atoms with Gasteiger partial charge in [-0.15, -0.1) is 0 Å². The molecule has 0 aliphatic carbocycles. The monoisotopic (exact) mass is 306 g/mol. The van der Waals surface area contributed by atoms with E-state index in [-0.39, 0.29) is 0 Å². The van der Waals surface area contributed by atoms with E-state index in [9.17, 15) is 9.90 Å². The molecule has 116 valence electrons. The van der Waals surface area contributed by atoms with Crippen molar-refractivity contribution in [1.29, 1.82) is 0 Å². The summed E-state index contributed by atoms with van der Waals surface area (Å²) in [5.74, 6) is -0.378. The van der Waals surface area contributed by atoms with Crippen molar-refractivity contribution in [2.75, 3.05) is 0 Å². The zero-order valence-corrected chi connectivity index (χ0v) is 12.9. The fourth-order valence-corrected chi connectivity index (χ4v) is 2.70. The Labute approximate surface area is 135 Å². The van der Waals surface area contributed by atoms with Crippen molar-refractivity contribution >= 4 is 16.7 Å². The van der Waals surface area contributed by atoms with E-state index in [0.29, 0.717) is 12.2 Å². The first-order chi connectivity index (χ1) is 11.1. The second kappa shape index (κ2) is 6.53. The number of ether oxygens (including phenoxy) is 1. The lowest BCUT2D eigenvalue weighted by molar-refractivity contribution is -0.145. The highest BCUT2D eigenvalue weighted by Crippen LogP contribution is 2.22. The lowest BCUT2D eigenvalue weighted by Gasteiger charge is -2.16. The predicted molar refractivity (Wildman–Crippen MR) is 90.9 cm³/mol. The molecule has 3 nitrogen and oxygen atoms in total. The summed E-state index contributed by atoms with van der Waals surface area (Å²) < 4.78 is 5.71. The van der Waals surface area contributed by atoms with Gasteiger partial charge in [0.25, 0.3) is 0 Å². The molecule has 1 atom stereocenters. The fraction of sp³-hybridized carbons (Fsp3) is 0.150. The van der Waals surface area contributed by atoms with Crippen LogP contribution in [-0.4, -0.2) is 17.2 Å². The summed E-state index contributed by atoms with van der Waals surface area (Å²) in [6.07, 6.45) is -0.590. The fourth-order valence-electron chi connectivity index (χ4n) is 2.70. The third-order valence-corrected chi connectivity index (χ3v) is 3.83. The smallest absolute Gasteiger partial charge is 0.345 e. The van der Waals surface area contributed by atoms with Crippen LogP contribution in [0.25, 0.3) is 10.8 Å². The summed E-state index contributed by atoms with van der Waals surface area (Å²) in [6.45, 7) is 1.95. The van der Waals surface area contributed by atoms with Crippen LogP contribution in [0.1, 0.15) is 11.1 Å². The average molecular weight is 306 g/mol. The Hall–Kier alpha value is -2.81. The Kier molecular flexibility index (Phi) is 4.29. The molecule has 3 rings (SSSR count). The van der Waals surface area contributed by atoms with E-state index in [1.54, 1.807) is 6.07 Å². The molecule has 0 radical (unpaired) electrons. The molecule has 23 heavy (non-hydrogen) atoms. The van der Waals surface area contributed by atoms with E-state index >= 15 is 0 Å². The Morgan fingerprint density at radius 2 is 1.78 bits per heavy atom. The van der Waals surface area contributed by atoms with E-state index in [1.807, 2.05) is 67.6 Å². The normalized spacial score (nSPS) is 12.0. The molecule has 0 aliphatic heterocycles. The Balaban J connectivity index is 1.88. The first-order valence-corrected chi connectivity index (χ1v) is 7.56. The molecule has 0 amide bonds. The van der Waals surface area contributed by atoms with Gasteiger partial charge in [0.15, 0.2) is 6.10 Å². The molecule has 0 aliphatic rings. The van der Waals surface area contributed by atoms with E-state index < -0.39 is 12.1 Å². The van der Waals surface area contributed by atoms with Gasteiger partial charge in [-0.05, 0) is 41.0 Å². The van der Waals surface area contributed by atoms with Gasteiger partial charge in [0, 0.05) is 6.42 Å². The number of fused-ring (bicyclic) bond motifs is 1. The molecule has 0 spiro atoms. The van der Waals surface area contributed by atoms with E-state index in [0.717, 1.165) is 21.9 Å². The minimum absolute atomic E-state index is 0.324. The lowest BCUT2D eigenvalue weighted by Crippen LogP contribution is -2.29. The van der Waals surface area contributed by atoms with Gasteiger partial charge in [-0.2, -0.15) is 0 Å². The van der Waals surface area contributed by atoms with Crippen molar-refractivity contribution in [3.8, 4) is 5.75 Å². The minimum Gasteiger partial charge on any atom is -0.478 e. The SMILES string of the molecule is Cc1cccc(O[C@H](Cc2cccc3ccccc23)C(=O)O)c1.